The fourth-order valence-corrected chi connectivity index (χ4v) is 6.79. The molecule has 0 bridgehead atoms. The van der Waals surface area contributed by atoms with Crippen molar-refractivity contribution in [3.05, 3.63) is 45.1 Å². The maximum Gasteiger partial charge on any atom is 0.341 e. The third-order valence-electron chi connectivity index (χ3n) is 5.33. The minimum absolute atomic E-state index is 0.0581. The number of methoxy groups -OCH3 is 1. The second-order valence-electron chi connectivity index (χ2n) is 7.60. The fraction of sp³-hybridized carbons (Fsp3) is 0.333. The highest BCUT2D eigenvalue weighted by atomic mass is 32.2. The van der Waals surface area contributed by atoms with E-state index in [1.807, 2.05) is 28.8 Å². The summed E-state index contributed by atoms with van der Waals surface area (Å²) in [5.74, 6) is 1.69. The van der Waals surface area contributed by atoms with E-state index in [2.05, 4.69) is 16.2 Å². The highest BCUT2D eigenvalue weighted by Gasteiger charge is 2.26. The van der Waals surface area contributed by atoms with E-state index in [1.54, 1.807) is 0 Å². The van der Waals surface area contributed by atoms with Gasteiger partial charge in [-0.15, -0.1) is 29.5 Å². The number of thiazole rings is 1. The van der Waals surface area contributed by atoms with Crippen molar-refractivity contribution < 1.29 is 19.1 Å². The normalized spacial score (nSPS) is 13.4. The number of anilines is 1. The zero-order chi connectivity index (χ0) is 24.1. The number of esters is 1. The number of carbonyl (C=O) groups excluding carboxylic acids is 3. The van der Waals surface area contributed by atoms with Gasteiger partial charge in [0.2, 0.25) is 5.91 Å². The van der Waals surface area contributed by atoms with Crippen LogP contribution < -0.4 is 10.1 Å². The largest absolute Gasteiger partial charge is 0.465 e. The first-order chi connectivity index (χ1) is 16.5. The van der Waals surface area contributed by atoms with E-state index in [1.165, 1.54) is 41.5 Å². The summed E-state index contributed by atoms with van der Waals surface area (Å²) < 4.78 is 7.77. The summed E-state index contributed by atoms with van der Waals surface area (Å²) in [5, 5.41) is 3.37. The van der Waals surface area contributed by atoms with E-state index in [0.717, 1.165) is 46.3 Å². The molecule has 176 valence electrons. The molecule has 2 aromatic heterocycles. The molecule has 0 fully saturated rings. The van der Waals surface area contributed by atoms with Gasteiger partial charge in [0, 0.05) is 4.88 Å². The van der Waals surface area contributed by atoms with E-state index in [9.17, 15) is 14.4 Å². The summed E-state index contributed by atoms with van der Waals surface area (Å²) >= 11 is 4.02. The van der Waals surface area contributed by atoms with Gasteiger partial charge in [-0.1, -0.05) is 29.4 Å². The van der Waals surface area contributed by atoms with Crippen molar-refractivity contribution in [2.75, 3.05) is 23.9 Å². The Morgan fingerprint density at radius 3 is 2.79 bits per heavy atom. The van der Waals surface area contributed by atoms with Crippen LogP contribution in [0.3, 0.4) is 0 Å². The Hall–Kier alpha value is -2.87. The Labute approximate surface area is 209 Å². The molecule has 0 saturated heterocycles. The van der Waals surface area contributed by atoms with Crippen LogP contribution in [-0.4, -0.2) is 41.0 Å². The Kier molecular flexibility index (Phi) is 7.88. The van der Waals surface area contributed by atoms with Crippen molar-refractivity contribution >= 4 is 67.4 Å². The van der Waals surface area contributed by atoms with Gasteiger partial charge in [0.25, 0.3) is 5.91 Å². The summed E-state index contributed by atoms with van der Waals surface area (Å²) in [6, 6.07) is 7.74. The maximum atomic E-state index is 12.5. The molecule has 3 aromatic rings. The van der Waals surface area contributed by atoms with Crippen LogP contribution in [0.4, 0.5) is 5.00 Å². The second-order valence-corrected chi connectivity index (χ2v) is 10.7. The van der Waals surface area contributed by atoms with Crippen LogP contribution in [0.25, 0.3) is 10.2 Å². The zero-order valence-electron chi connectivity index (χ0n) is 18.6. The number of fused-ring (bicyclic) bond motifs is 2. The molecule has 0 atom stereocenters. The number of para-hydroxylation sites is 1. The SMILES string of the molecule is C#CCn1c(=NC(=O)CSCC(=O)Nc2sc3c(c2C(=O)OC)CCCC3)sc2ccccc21. The number of hydrogen-bond donors (Lipinski definition) is 1. The first kappa shape index (κ1) is 24.3. The minimum atomic E-state index is -0.431. The Morgan fingerprint density at radius 2 is 2.00 bits per heavy atom. The Balaban J connectivity index is 1.40. The van der Waals surface area contributed by atoms with Crippen molar-refractivity contribution in [3.8, 4) is 12.3 Å². The molecule has 0 unspecified atom stereocenters. The van der Waals surface area contributed by atoms with Crippen molar-refractivity contribution in [3.63, 3.8) is 0 Å². The smallest absolute Gasteiger partial charge is 0.341 e. The van der Waals surface area contributed by atoms with Crippen LogP contribution in [-0.2, 0) is 33.7 Å². The van der Waals surface area contributed by atoms with Crippen molar-refractivity contribution in [1.82, 2.24) is 4.57 Å². The topological polar surface area (TPSA) is 89.8 Å². The van der Waals surface area contributed by atoms with E-state index in [-0.39, 0.29) is 23.3 Å². The van der Waals surface area contributed by atoms with Crippen LogP contribution in [0.1, 0.15) is 33.6 Å². The van der Waals surface area contributed by atoms with Crippen LogP contribution in [0.2, 0.25) is 0 Å². The first-order valence-corrected chi connectivity index (χ1v) is 13.5. The third kappa shape index (κ3) is 5.27. The maximum absolute atomic E-state index is 12.5. The third-order valence-corrected chi connectivity index (χ3v) is 8.51. The molecular formula is C24H23N3O4S3. The average molecular weight is 514 g/mol. The number of carbonyl (C=O) groups is 3. The number of hydrogen-bond acceptors (Lipinski definition) is 7. The monoisotopic (exact) mass is 513 g/mol. The van der Waals surface area contributed by atoms with E-state index >= 15 is 0 Å². The zero-order valence-corrected chi connectivity index (χ0v) is 21.0. The molecule has 0 saturated carbocycles. The van der Waals surface area contributed by atoms with Gasteiger partial charge in [-0.25, -0.2) is 4.79 Å². The minimum Gasteiger partial charge on any atom is -0.465 e. The van der Waals surface area contributed by atoms with E-state index in [4.69, 9.17) is 11.2 Å². The van der Waals surface area contributed by atoms with Gasteiger partial charge in [-0.3, -0.25) is 9.59 Å². The van der Waals surface area contributed by atoms with Crippen molar-refractivity contribution in [2.45, 2.75) is 32.2 Å². The number of nitrogens with zero attached hydrogens (tertiary/aromatic N) is 2. The van der Waals surface area contributed by atoms with Crippen molar-refractivity contribution in [2.24, 2.45) is 4.99 Å². The Bertz CT molecular complexity index is 1360. The molecule has 1 aliphatic carbocycles. The number of ether oxygens (including phenoxy) is 1. The fourth-order valence-electron chi connectivity index (χ4n) is 3.85. The van der Waals surface area contributed by atoms with E-state index in [0.29, 0.717) is 21.9 Å². The van der Waals surface area contributed by atoms with Crippen LogP contribution in [0.5, 0.6) is 0 Å². The number of aromatic nitrogens is 1. The van der Waals surface area contributed by atoms with Crippen molar-refractivity contribution in [1.29, 1.82) is 0 Å². The predicted molar refractivity (Wildman–Crippen MR) is 137 cm³/mol. The number of benzene rings is 1. The number of thiophene rings is 1. The number of nitrogens with one attached hydrogen (secondary N) is 1. The summed E-state index contributed by atoms with van der Waals surface area (Å²) in [6.07, 6.45) is 9.30. The van der Waals surface area contributed by atoms with Gasteiger partial charge in [0.1, 0.15) is 5.00 Å². The molecule has 2 heterocycles. The molecule has 0 radical (unpaired) electrons. The quantitative estimate of drug-likeness (QED) is 0.383. The highest BCUT2D eigenvalue weighted by molar-refractivity contribution is 8.00. The lowest BCUT2D eigenvalue weighted by atomic mass is 9.95. The standard InChI is InChI=1S/C24H23N3O4S3/c1-3-12-27-16-9-5-7-11-18(16)34-24(27)26-20(29)14-32-13-19(28)25-22-21(23(30)31-2)15-8-4-6-10-17(15)33-22/h1,5,7,9,11H,4,6,8,10,12-14H2,2H3,(H,25,28). The van der Waals surface area contributed by atoms with Crippen LogP contribution in [0.15, 0.2) is 29.3 Å². The molecule has 4 rings (SSSR count). The van der Waals surface area contributed by atoms with Crippen LogP contribution in [0, 0.1) is 12.3 Å². The number of amides is 2. The number of thioether (sulfide) groups is 1. The molecule has 34 heavy (non-hydrogen) atoms. The summed E-state index contributed by atoms with van der Waals surface area (Å²) in [6.45, 7) is 0.318. The summed E-state index contributed by atoms with van der Waals surface area (Å²) in [7, 11) is 1.34. The predicted octanol–water partition coefficient (Wildman–Crippen LogP) is 3.86. The molecule has 1 aromatic carbocycles. The Morgan fingerprint density at radius 1 is 1.21 bits per heavy atom. The average Bonchev–Trinajstić information content (AvgIpc) is 3.36. The number of aryl methyl sites for hydroxylation is 1. The molecule has 10 heteroatoms. The van der Waals surface area contributed by atoms with E-state index < -0.39 is 5.97 Å². The lowest BCUT2D eigenvalue weighted by molar-refractivity contribution is -0.115. The van der Waals surface area contributed by atoms with Crippen LogP contribution >= 0.6 is 34.4 Å². The lowest BCUT2D eigenvalue weighted by Gasteiger charge is -2.11. The van der Waals surface area contributed by atoms with Gasteiger partial charge >= 0.3 is 5.97 Å². The summed E-state index contributed by atoms with van der Waals surface area (Å²) in [5.41, 5.74) is 2.39. The van der Waals surface area contributed by atoms with Gasteiger partial charge in [-0.05, 0) is 43.4 Å². The molecule has 2 amide bonds. The lowest BCUT2D eigenvalue weighted by Crippen LogP contribution is -2.19. The number of rotatable bonds is 7. The van der Waals surface area contributed by atoms with Gasteiger partial charge in [-0.2, -0.15) is 4.99 Å². The highest BCUT2D eigenvalue weighted by Crippen LogP contribution is 2.38. The molecular weight excluding hydrogens is 490 g/mol. The van der Waals surface area contributed by atoms with Gasteiger partial charge < -0.3 is 14.6 Å². The number of terminal acetylenes is 1. The van der Waals surface area contributed by atoms with Gasteiger partial charge in [0.15, 0.2) is 4.80 Å². The molecule has 1 N–H and O–H groups in total. The second kappa shape index (κ2) is 11.0. The first-order valence-electron chi connectivity index (χ1n) is 10.7. The molecule has 7 nitrogen and oxygen atoms in total. The molecule has 0 aliphatic heterocycles. The molecule has 1 aliphatic rings. The van der Waals surface area contributed by atoms with Gasteiger partial charge in [0.05, 0.1) is 40.9 Å². The summed E-state index contributed by atoms with van der Waals surface area (Å²) in [4.78, 5) is 43.2. The molecule has 0 spiro atoms.